The van der Waals surface area contributed by atoms with Gasteiger partial charge in [-0.05, 0) is 80.3 Å². The molecule has 0 radical (unpaired) electrons. The van der Waals surface area contributed by atoms with Crippen molar-refractivity contribution in [1.29, 1.82) is 0 Å². The molecule has 0 saturated heterocycles. The third-order valence-corrected chi connectivity index (χ3v) is 12.8. The molecular weight excluding hydrogens is 496 g/mol. The molecule has 5 aliphatic rings. The number of allylic oxidation sites excluding steroid dienone is 1. The first-order chi connectivity index (χ1) is 17.8. The van der Waals surface area contributed by atoms with Crippen molar-refractivity contribution in [3.8, 4) is 0 Å². The van der Waals surface area contributed by atoms with Gasteiger partial charge in [0, 0.05) is 40.2 Å². The molecule has 0 aromatic carbocycles. The average Bonchev–Trinajstić information content (AvgIpc) is 3.00. The standard InChI is InChI=1S/C32H46O7/c1-17(12-19(33)13-18(2)26(36)37)20-14-32(39)11-10-31(38)16-22-27(3,4)23(35)8-9-28(22,5)24-21(34)15-29(20,6)30(32,7)25(24)31/h13,17,19-20,22,33,38-39H,8-12,14-16H2,1-7H3,(H,36,37). The molecule has 0 spiro atoms. The molecule has 0 heterocycles. The third-order valence-electron chi connectivity index (χ3n) is 12.8. The van der Waals surface area contributed by atoms with Gasteiger partial charge >= 0.3 is 5.97 Å². The third kappa shape index (κ3) is 3.48. The number of fused-ring (bicyclic) bond motifs is 2. The molecule has 4 N–H and O–H groups in total. The van der Waals surface area contributed by atoms with Crippen LogP contribution in [0.4, 0.5) is 0 Å². The number of rotatable bonds is 5. The quantitative estimate of drug-likeness (QED) is 0.379. The number of aliphatic carboxylic acids is 1. The van der Waals surface area contributed by atoms with Gasteiger partial charge in [-0.2, -0.15) is 0 Å². The summed E-state index contributed by atoms with van der Waals surface area (Å²) >= 11 is 0. The van der Waals surface area contributed by atoms with Crippen molar-refractivity contribution in [3.05, 3.63) is 22.8 Å². The second kappa shape index (κ2) is 8.36. The second-order valence-electron chi connectivity index (χ2n) is 15.0. The van der Waals surface area contributed by atoms with Crippen molar-refractivity contribution in [2.24, 2.45) is 39.4 Å². The molecule has 5 aliphatic carbocycles. The van der Waals surface area contributed by atoms with E-state index in [1.807, 2.05) is 20.8 Å². The van der Waals surface area contributed by atoms with Crippen LogP contribution in [0, 0.1) is 39.4 Å². The van der Waals surface area contributed by atoms with Crippen molar-refractivity contribution in [3.63, 3.8) is 0 Å². The molecule has 0 bridgehead atoms. The molecule has 216 valence electrons. The van der Waals surface area contributed by atoms with E-state index in [2.05, 4.69) is 20.8 Å². The minimum absolute atomic E-state index is 0.0197. The summed E-state index contributed by atoms with van der Waals surface area (Å²) in [4.78, 5) is 38.7. The van der Waals surface area contributed by atoms with Crippen LogP contribution in [0.5, 0.6) is 0 Å². The maximum Gasteiger partial charge on any atom is 0.331 e. The van der Waals surface area contributed by atoms with Gasteiger partial charge in [-0.15, -0.1) is 0 Å². The van der Waals surface area contributed by atoms with E-state index in [0.29, 0.717) is 50.5 Å². The Bertz CT molecular complexity index is 1210. The number of carboxylic acid groups (broad SMARTS) is 1. The van der Waals surface area contributed by atoms with Gasteiger partial charge in [-0.25, -0.2) is 4.79 Å². The molecule has 3 fully saturated rings. The topological polar surface area (TPSA) is 132 Å². The normalized spacial score (nSPS) is 46.5. The highest BCUT2D eigenvalue weighted by Crippen LogP contribution is 2.78. The molecule has 9 atom stereocenters. The Kier molecular flexibility index (Phi) is 6.15. The highest BCUT2D eigenvalue weighted by molar-refractivity contribution is 6.01. The highest BCUT2D eigenvalue weighted by Gasteiger charge is 2.78. The first-order valence-electron chi connectivity index (χ1n) is 14.7. The molecule has 7 nitrogen and oxygen atoms in total. The van der Waals surface area contributed by atoms with E-state index in [1.165, 1.54) is 13.0 Å². The van der Waals surface area contributed by atoms with Gasteiger partial charge in [0.2, 0.25) is 0 Å². The SMILES string of the molecule is CC(=CC(O)CC(C)C1CC2(O)CCC3(O)CC4C(C)(C)C(=O)CCC4(C)C4=C3C2(C)C1(C)CC4=O)C(=O)O. The predicted octanol–water partition coefficient (Wildman–Crippen LogP) is 4.38. The maximum absolute atomic E-state index is 14.3. The lowest BCUT2D eigenvalue weighted by atomic mass is 9.37. The lowest BCUT2D eigenvalue weighted by Crippen LogP contribution is -2.68. The van der Waals surface area contributed by atoms with Gasteiger partial charge in [0.05, 0.1) is 17.3 Å². The first kappa shape index (κ1) is 28.7. The van der Waals surface area contributed by atoms with Crippen LogP contribution in [0.3, 0.4) is 0 Å². The molecule has 0 aromatic heterocycles. The molecule has 9 unspecified atom stereocenters. The summed E-state index contributed by atoms with van der Waals surface area (Å²) < 4.78 is 0. The van der Waals surface area contributed by atoms with Crippen molar-refractivity contribution in [2.45, 2.75) is 117 Å². The van der Waals surface area contributed by atoms with Crippen molar-refractivity contribution in [2.75, 3.05) is 0 Å². The molecule has 0 aromatic rings. The van der Waals surface area contributed by atoms with Gasteiger partial charge in [-0.3, -0.25) is 9.59 Å². The van der Waals surface area contributed by atoms with Crippen molar-refractivity contribution < 1.29 is 34.8 Å². The van der Waals surface area contributed by atoms with E-state index in [1.54, 1.807) is 0 Å². The van der Waals surface area contributed by atoms with Crippen LogP contribution >= 0.6 is 0 Å². The monoisotopic (exact) mass is 542 g/mol. The fraction of sp³-hybridized carbons (Fsp3) is 0.781. The molecule has 7 heteroatoms. The molecule has 5 rings (SSSR count). The zero-order chi connectivity index (χ0) is 29.1. The van der Waals surface area contributed by atoms with E-state index in [9.17, 15) is 34.8 Å². The van der Waals surface area contributed by atoms with Gasteiger partial charge in [0.15, 0.2) is 5.78 Å². The predicted molar refractivity (Wildman–Crippen MR) is 146 cm³/mol. The number of aliphatic hydroxyl groups is 3. The van der Waals surface area contributed by atoms with Crippen LogP contribution in [0.2, 0.25) is 0 Å². The summed E-state index contributed by atoms with van der Waals surface area (Å²) in [5.74, 6) is -1.24. The van der Waals surface area contributed by atoms with Gasteiger partial charge < -0.3 is 20.4 Å². The molecule has 39 heavy (non-hydrogen) atoms. The van der Waals surface area contributed by atoms with E-state index >= 15 is 0 Å². The Balaban J connectivity index is 1.64. The lowest BCUT2D eigenvalue weighted by Gasteiger charge is -2.67. The van der Waals surface area contributed by atoms with Crippen LogP contribution in [-0.2, 0) is 14.4 Å². The number of Topliss-reactive ketones (excluding diaryl/α,β-unsaturated/α-hetero) is 2. The first-order valence-corrected chi connectivity index (χ1v) is 14.7. The van der Waals surface area contributed by atoms with E-state index in [0.717, 1.165) is 5.57 Å². The zero-order valence-corrected chi connectivity index (χ0v) is 24.6. The van der Waals surface area contributed by atoms with Gasteiger partial charge in [0.25, 0.3) is 0 Å². The minimum Gasteiger partial charge on any atom is -0.478 e. The number of carbonyl (C=O) groups is 3. The minimum atomic E-state index is -1.26. The summed E-state index contributed by atoms with van der Waals surface area (Å²) in [6.45, 7) is 13.6. The van der Waals surface area contributed by atoms with Crippen LogP contribution in [0.15, 0.2) is 22.8 Å². The van der Waals surface area contributed by atoms with Crippen LogP contribution < -0.4 is 0 Å². The molecular formula is C32H46O7. The lowest BCUT2D eigenvalue weighted by molar-refractivity contribution is -0.177. The Morgan fingerprint density at radius 3 is 2.31 bits per heavy atom. The van der Waals surface area contributed by atoms with Crippen LogP contribution in [0.25, 0.3) is 0 Å². The molecule has 3 saturated carbocycles. The molecule has 0 amide bonds. The number of carboxylic acids is 1. The number of hydrogen-bond acceptors (Lipinski definition) is 6. The summed E-state index contributed by atoms with van der Waals surface area (Å²) in [5.41, 5.74) is -3.58. The van der Waals surface area contributed by atoms with E-state index < -0.39 is 44.9 Å². The van der Waals surface area contributed by atoms with Gasteiger partial charge in [-0.1, -0.05) is 41.5 Å². The number of aliphatic hydroxyl groups excluding tert-OH is 1. The number of hydrogen-bond donors (Lipinski definition) is 4. The fourth-order valence-electron chi connectivity index (χ4n) is 10.5. The maximum atomic E-state index is 14.3. The van der Waals surface area contributed by atoms with E-state index in [4.69, 9.17) is 0 Å². The largest absolute Gasteiger partial charge is 0.478 e. The second-order valence-corrected chi connectivity index (χ2v) is 15.0. The summed E-state index contributed by atoms with van der Waals surface area (Å²) in [6, 6.07) is 0. The Hall–Kier alpha value is -1.83. The van der Waals surface area contributed by atoms with E-state index in [-0.39, 0.29) is 41.3 Å². The van der Waals surface area contributed by atoms with Gasteiger partial charge in [0.1, 0.15) is 5.78 Å². The Morgan fingerprint density at radius 1 is 1.05 bits per heavy atom. The number of ketones is 2. The Morgan fingerprint density at radius 2 is 1.69 bits per heavy atom. The van der Waals surface area contributed by atoms with Crippen LogP contribution in [-0.4, -0.2) is 55.3 Å². The van der Waals surface area contributed by atoms with Crippen molar-refractivity contribution >= 4 is 17.5 Å². The fourth-order valence-corrected chi connectivity index (χ4v) is 10.5. The average molecular weight is 543 g/mol. The van der Waals surface area contributed by atoms with Crippen LogP contribution in [0.1, 0.15) is 99.8 Å². The molecule has 0 aliphatic heterocycles. The van der Waals surface area contributed by atoms with Crippen molar-refractivity contribution in [1.82, 2.24) is 0 Å². The Labute approximate surface area is 231 Å². The smallest absolute Gasteiger partial charge is 0.331 e. The summed E-state index contributed by atoms with van der Waals surface area (Å²) in [5, 5.41) is 44.8. The summed E-state index contributed by atoms with van der Waals surface area (Å²) in [7, 11) is 0. The zero-order valence-electron chi connectivity index (χ0n) is 24.6. The highest BCUT2D eigenvalue weighted by atomic mass is 16.4. The number of carbonyl (C=O) groups excluding carboxylic acids is 2. The summed E-state index contributed by atoms with van der Waals surface area (Å²) in [6.07, 6.45) is 3.57.